The Bertz CT molecular complexity index is 1130. The van der Waals surface area contributed by atoms with Crippen molar-refractivity contribution in [2.45, 2.75) is 32.9 Å². The third-order valence-corrected chi connectivity index (χ3v) is 10.1. The van der Waals surface area contributed by atoms with Gasteiger partial charge in [0, 0.05) is 11.5 Å². The van der Waals surface area contributed by atoms with Crippen LogP contribution in [0.5, 0.6) is 0 Å². The van der Waals surface area contributed by atoms with Crippen molar-refractivity contribution in [3.05, 3.63) is 93.5 Å². The van der Waals surface area contributed by atoms with Crippen LogP contribution in [0, 0.1) is 16.6 Å². The van der Waals surface area contributed by atoms with E-state index in [0.717, 1.165) is 21.1 Å². The number of benzene rings is 2. The fourth-order valence-corrected chi connectivity index (χ4v) is 8.02. The van der Waals surface area contributed by atoms with Crippen LogP contribution in [0.4, 0.5) is 4.39 Å². The van der Waals surface area contributed by atoms with Crippen LogP contribution in [0.3, 0.4) is 0 Å². The summed E-state index contributed by atoms with van der Waals surface area (Å²) in [5.74, 6) is -1.09. The maximum Gasteiger partial charge on any atom is 0.328 e. The van der Waals surface area contributed by atoms with Gasteiger partial charge >= 0.3 is 5.69 Å². The SMILES string of the molecule is CC(C)(C)C(CO)(CO)C(C[SiH](c1ccccc1)c1ccccc1)n1cc(F)c(=O)[nH]c1=O. The second kappa shape index (κ2) is 9.99. The van der Waals surface area contributed by atoms with Gasteiger partial charge in [-0.05, 0) is 11.5 Å². The Hall–Kier alpha value is -2.81. The zero-order valence-electron chi connectivity index (χ0n) is 19.2. The summed E-state index contributed by atoms with van der Waals surface area (Å²) in [6, 6.07) is 19.5. The van der Waals surface area contributed by atoms with Crippen molar-refractivity contribution >= 4 is 19.2 Å². The fraction of sp³-hybridized carbons (Fsp3) is 0.360. The molecule has 33 heavy (non-hydrogen) atoms. The van der Waals surface area contributed by atoms with Crippen LogP contribution in [-0.4, -0.2) is 41.8 Å². The lowest BCUT2D eigenvalue weighted by molar-refractivity contribution is -0.0693. The lowest BCUT2D eigenvalue weighted by atomic mass is 9.63. The molecule has 3 aromatic rings. The highest BCUT2D eigenvalue weighted by Crippen LogP contribution is 2.48. The number of nitrogens with one attached hydrogen (secondary N) is 1. The Morgan fingerprint density at radius 1 is 0.939 bits per heavy atom. The zero-order chi connectivity index (χ0) is 24.2. The van der Waals surface area contributed by atoms with Crippen molar-refractivity contribution in [1.29, 1.82) is 0 Å². The standard InChI is InChI=1S/C25H31FN2O4Si/c1-24(2,3)25(16-29,17-30)21(28-14-20(26)22(31)27-23(28)32)15-33(18-10-6-4-7-11-18)19-12-8-5-9-13-19/h4-14,21,29-30,33H,15-17H2,1-3H3,(H,27,31,32). The van der Waals surface area contributed by atoms with E-state index in [1.54, 1.807) is 0 Å². The highest BCUT2D eigenvalue weighted by Gasteiger charge is 2.49. The van der Waals surface area contributed by atoms with Gasteiger partial charge in [0.1, 0.15) is 8.80 Å². The summed E-state index contributed by atoms with van der Waals surface area (Å²) in [5.41, 5.74) is -3.68. The van der Waals surface area contributed by atoms with E-state index < -0.39 is 55.9 Å². The van der Waals surface area contributed by atoms with Crippen molar-refractivity contribution in [2.24, 2.45) is 10.8 Å². The van der Waals surface area contributed by atoms with Crippen LogP contribution < -0.4 is 21.6 Å². The average Bonchev–Trinajstić information content (AvgIpc) is 2.80. The normalized spacial score (nSPS) is 13.3. The first kappa shape index (κ1) is 24.8. The molecule has 0 aliphatic carbocycles. The monoisotopic (exact) mass is 470 g/mol. The number of halogens is 1. The van der Waals surface area contributed by atoms with Gasteiger partial charge in [0.05, 0.1) is 19.4 Å². The number of aliphatic hydroxyl groups is 2. The minimum Gasteiger partial charge on any atom is -0.396 e. The molecular weight excluding hydrogens is 439 g/mol. The van der Waals surface area contributed by atoms with Crippen LogP contribution in [0.25, 0.3) is 0 Å². The molecule has 176 valence electrons. The summed E-state index contributed by atoms with van der Waals surface area (Å²) in [4.78, 5) is 26.7. The zero-order valence-corrected chi connectivity index (χ0v) is 20.3. The molecule has 6 nitrogen and oxygen atoms in total. The topological polar surface area (TPSA) is 95.3 Å². The van der Waals surface area contributed by atoms with Crippen molar-refractivity contribution in [3.63, 3.8) is 0 Å². The molecule has 1 aromatic heterocycles. The molecule has 0 amide bonds. The molecule has 0 aliphatic heterocycles. The van der Waals surface area contributed by atoms with Crippen molar-refractivity contribution in [1.82, 2.24) is 9.55 Å². The largest absolute Gasteiger partial charge is 0.396 e. The Morgan fingerprint density at radius 3 is 1.85 bits per heavy atom. The van der Waals surface area contributed by atoms with E-state index in [1.165, 1.54) is 0 Å². The van der Waals surface area contributed by atoms with E-state index in [0.29, 0.717) is 6.04 Å². The molecular formula is C25H31FN2O4Si. The maximum atomic E-state index is 14.4. The number of aromatic amines is 1. The Kier molecular flexibility index (Phi) is 7.51. The average molecular weight is 471 g/mol. The number of nitrogens with zero attached hydrogens (tertiary/aromatic N) is 1. The Morgan fingerprint density at radius 2 is 1.42 bits per heavy atom. The Labute approximate surface area is 194 Å². The van der Waals surface area contributed by atoms with Gasteiger partial charge in [-0.2, -0.15) is 4.39 Å². The van der Waals surface area contributed by atoms with Crippen molar-refractivity contribution < 1.29 is 14.6 Å². The molecule has 8 heteroatoms. The first-order chi connectivity index (χ1) is 15.6. The van der Waals surface area contributed by atoms with E-state index in [1.807, 2.05) is 86.4 Å². The lowest BCUT2D eigenvalue weighted by Gasteiger charge is -2.49. The molecule has 1 unspecified atom stereocenters. The molecule has 0 aliphatic rings. The first-order valence-corrected chi connectivity index (χ1v) is 12.9. The van der Waals surface area contributed by atoms with Crippen LogP contribution in [0.2, 0.25) is 6.04 Å². The minimum absolute atomic E-state index is 0.414. The molecule has 1 atom stereocenters. The highest BCUT2D eigenvalue weighted by molar-refractivity contribution is 6.85. The number of rotatable bonds is 8. The van der Waals surface area contributed by atoms with Gasteiger partial charge in [0.15, 0.2) is 0 Å². The van der Waals surface area contributed by atoms with E-state index >= 15 is 0 Å². The molecule has 0 fully saturated rings. The molecule has 2 aromatic carbocycles. The summed E-state index contributed by atoms with van der Waals surface area (Å²) in [7, 11) is -2.02. The minimum atomic E-state index is -2.02. The molecule has 0 radical (unpaired) electrons. The van der Waals surface area contributed by atoms with E-state index in [4.69, 9.17) is 0 Å². The summed E-state index contributed by atoms with van der Waals surface area (Å²) in [6.07, 6.45) is 0.902. The predicted octanol–water partition coefficient (Wildman–Crippen LogP) is 1.28. The summed E-state index contributed by atoms with van der Waals surface area (Å²) in [6.45, 7) is 4.79. The third-order valence-electron chi connectivity index (χ3n) is 6.82. The molecule has 0 saturated heterocycles. The smallest absolute Gasteiger partial charge is 0.328 e. The summed E-state index contributed by atoms with van der Waals surface area (Å²) in [5, 5.41) is 23.4. The van der Waals surface area contributed by atoms with E-state index in [9.17, 15) is 24.2 Å². The number of hydrogen-bond acceptors (Lipinski definition) is 4. The van der Waals surface area contributed by atoms with Crippen molar-refractivity contribution in [2.75, 3.05) is 13.2 Å². The van der Waals surface area contributed by atoms with Crippen LogP contribution in [0.15, 0.2) is 76.4 Å². The molecule has 3 N–H and O–H groups in total. The van der Waals surface area contributed by atoms with Crippen LogP contribution >= 0.6 is 0 Å². The van der Waals surface area contributed by atoms with Gasteiger partial charge < -0.3 is 10.2 Å². The molecule has 1 heterocycles. The number of H-pyrrole nitrogens is 1. The van der Waals surface area contributed by atoms with Gasteiger partial charge in [0.2, 0.25) is 5.82 Å². The maximum absolute atomic E-state index is 14.4. The number of aromatic nitrogens is 2. The van der Waals surface area contributed by atoms with Gasteiger partial charge in [-0.3, -0.25) is 14.3 Å². The fourth-order valence-electron chi connectivity index (χ4n) is 4.59. The highest BCUT2D eigenvalue weighted by atomic mass is 28.3. The van der Waals surface area contributed by atoms with Crippen LogP contribution in [0.1, 0.15) is 26.8 Å². The molecule has 0 spiro atoms. The number of aliphatic hydroxyl groups excluding tert-OH is 2. The molecule has 3 rings (SSSR count). The van der Waals surface area contributed by atoms with Gasteiger partial charge in [-0.15, -0.1) is 0 Å². The van der Waals surface area contributed by atoms with Crippen LogP contribution in [-0.2, 0) is 0 Å². The van der Waals surface area contributed by atoms with E-state index in [2.05, 4.69) is 0 Å². The Balaban J connectivity index is 2.27. The first-order valence-electron chi connectivity index (χ1n) is 11.0. The molecule has 0 saturated carbocycles. The van der Waals surface area contributed by atoms with Gasteiger partial charge in [0.25, 0.3) is 5.56 Å². The second-order valence-corrected chi connectivity index (χ2v) is 12.4. The third kappa shape index (κ3) is 4.92. The van der Waals surface area contributed by atoms with E-state index in [-0.39, 0.29) is 0 Å². The summed E-state index contributed by atoms with van der Waals surface area (Å²) < 4.78 is 15.5. The van der Waals surface area contributed by atoms with Crippen molar-refractivity contribution in [3.8, 4) is 0 Å². The second-order valence-electron chi connectivity index (χ2n) is 9.49. The van der Waals surface area contributed by atoms with Gasteiger partial charge in [-0.25, -0.2) is 4.79 Å². The predicted molar refractivity (Wildman–Crippen MR) is 130 cm³/mol. The quantitative estimate of drug-likeness (QED) is 0.432. The van der Waals surface area contributed by atoms with Gasteiger partial charge in [-0.1, -0.05) is 91.8 Å². The lowest BCUT2D eigenvalue weighted by Crippen LogP contribution is -2.55. The molecule has 0 bridgehead atoms. The number of hydrogen-bond donors (Lipinski definition) is 3. The summed E-state index contributed by atoms with van der Waals surface area (Å²) >= 11 is 0.